The summed E-state index contributed by atoms with van der Waals surface area (Å²) in [6, 6.07) is 13.7. The zero-order chi connectivity index (χ0) is 17.1. The molecule has 1 aliphatic heterocycles. The maximum absolute atomic E-state index is 12.6. The van der Waals surface area contributed by atoms with E-state index in [0.717, 1.165) is 34.6 Å². The van der Waals surface area contributed by atoms with Crippen molar-refractivity contribution in [3.8, 4) is 5.75 Å². The van der Waals surface area contributed by atoms with Crippen molar-refractivity contribution in [1.29, 1.82) is 0 Å². The van der Waals surface area contributed by atoms with Crippen LogP contribution in [0.2, 0.25) is 0 Å². The van der Waals surface area contributed by atoms with Crippen LogP contribution in [0.5, 0.6) is 5.75 Å². The molecule has 0 aliphatic carbocycles. The smallest absolute Gasteiger partial charge is 0.253 e. The summed E-state index contributed by atoms with van der Waals surface area (Å²) in [5, 5.41) is 0. The maximum Gasteiger partial charge on any atom is 0.253 e. The Morgan fingerprint density at radius 3 is 2.33 bits per heavy atom. The Morgan fingerprint density at radius 2 is 1.71 bits per heavy atom. The molecular weight excluding hydrogens is 368 g/mol. The summed E-state index contributed by atoms with van der Waals surface area (Å²) < 4.78 is 6.46. The number of aryl methyl sites for hydroxylation is 1. The van der Waals surface area contributed by atoms with Crippen molar-refractivity contribution in [3.63, 3.8) is 0 Å². The third-order valence-electron chi connectivity index (χ3n) is 4.33. The number of rotatable bonds is 3. The number of amides is 1. The number of anilines is 1. The summed E-state index contributed by atoms with van der Waals surface area (Å²) in [5.41, 5.74) is 3.05. The number of piperazine rings is 1. The first-order valence-corrected chi connectivity index (χ1v) is 8.82. The first-order valence-electron chi connectivity index (χ1n) is 8.03. The topological polar surface area (TPSA) is 32.8 Å². The van der Waals surface area contributed by atoms with Gasteiger partial charge in [-0.25, -0.2) is 0 Å². The number of carbonyl (C=O) groups excluding carboxylic acids is 1. The van der Waals surface area contributed by atoms with Gasteiger partial charge in [0.25, 0.3) is 5.91 Å². The van der Waals surface area contributed by atoms with Gasteiger partial charge >= 0.3 is 0 Å². The lowest BCUT2D eigenvalue weighted by atomic mass is 10.1. The number of hydrogen-bond acceptors (Lipinski definition) is 3. The van der Waals surface area contributed by atoms with Crippen molar-refractivity contribution in [2.75, 3.05) is 38.2 Å². The van der Waals surface area contributed by atoms with E-state index in [0.29, 0.717) is 13.1 Å². The lowest BCUT2D eigenvalue weighted by Gasteiger charge is -2.36. The minimum atomic E-state index is 0.0957. The van der Waals surface area contributed by atoms with Crippen LogP contribution < -0.4 is 9.64 Å². The molecule has 0 aromatic heterocycles. The van der Waals surface area contributed by atoms with Crippen molar-refractivity contribution in [3.05, 3.63) is 58.1 Å². The van der Waals surface area contributed by atoms with Gasteiger partial charge in [-0.3, -0.25) is 4.79 Å². The lowest BCUT2D eigenvalue weighted by Crippen LogP contribution is -2.48. The van der Waals surface area contributed by atoms with Crippen LogP contribution in [0, 0.1) is 6.92 Å². The average molecular weight is 389 g/mol. The summed E-state index contributed by atoms with van der Waals surface area (Å²) in [7, 11) is 1.70. The quantitative estimate of drug-likeness (QED) is 0.802. The molecule has 2 aromatic carbocycles. The van der Waals surface area contributed by atoms with E-state index in [2.05, 4.69) is 39.9 Å². The largest absolute Gasteiger partial charge is 0.495 e. The van der Waals surface area contributed by atoms with E-state index in [4.69, 9.17) is 4.74 Å². The zero-order valence-corrected chi connectivity index (χ0v) is 15.5. The van der Waals surface area contributed by atoms with Crippen LogP contribution in [-0.4, -0.2) is 44.1 Å². The van der Waals surface area contributed by atoms with Gasteiger partial charge in [0, 0.05) is 36.2 Å². The third-order valence-corrected chi connectivity index (χ3v) is 4.86. The number of nitrogens with zero attached hydrogens (tertiary/aromatic N) is 2. The van der Waals surface area contributed by atoms with Crippen molar-refractivity contribution in [1.82, 2.24) is 4.90 Å². The predicted octanol–water partition coefficient (Wildman–Crippen LogP) is 3.73. The molecule has 3 rings (SSSR count). The molecule has 24 heavy (non-hydrogen) atoms. The summed E-state index contributed by atoms with van der Waals surface area (Å²) >= 11 is 3.40. The van der Waals surface area contributed by atoms with Gasteiger partial charge in [-0.15, -0.1) is 0 Å². The van der Waals surface area contributed by atoms with Crippen LogP contribution in [0.3, 0.4) is 0 Å². The summed E-state index contributed by atoms with van der Waals surface area (Å²) in [6.07, 6.45) is 0. The molecule has 0 radical (unpaired) electrons. The highest BCUT2D eigenvalue weighted by molar-refractivity contribution is 9.10. The van der Waals surface area contributed by atoms with E-state index < -0.39 is 0 Å². The number of ether oxygens (including phenoxy) is 1. The normalized spacial score (nSPS) is 14.6. The van der Waals surface area contributed by atoms with Gasteiger partial charge < -0.3 is 14.5 Å². The molecule has 0 bridgehead atoms. The fraction of sp³-hybridized carbons (Fsp3) is 0.316. The fourth-order valence-corrected chi connectivity index (χ4v) is 3.24. The average Bonchev–Trinajstić information content (AvgIpc) is 2.62. The van der Waals surface area contributed by atoms with Crippen molar-refractivity contribution < 1.29 is 9.53 Å². The summed E-state index contributed by atoms with van der Waals surface area (Å²) in [6.45, 7) is 5.12. The number of halogens is 1. The molecule has 5 heteroatoms. The first-order chi connectivity index (χ1) is 11.6. The van der Waals surface area contributed by atoms with Gasteiger partial charge in [-0.1, -0.05) is 22.0 Å². The molecule has 0 atom stereocenters. The van der Waals surface area contributed by atoms with Crippen molar-refractivity contribution in [2.45, 2.75) is 6.92 Å². The minimum absolute atomic E-state index is 0.0957. The highest BCUT2D eigenvalue weighted by atomic mass is 79.9. The van der Waals surface area contributed by atoms with Crippen LogP contribution in [0.15, 0.2) is 46.9 Å². The van der Waals surface area contributed by atoms with Gasteiger partial charge in [0.1, 0.15) is 5.75 Å². The second kappa shape index (κ2) is 7.26. The van der Waals surface area contributed by atoms with E-state index in [1.54, 1.807) is 7.11 Å². The molecule has 1 heterocycles. The number of benzene rings is 2. The molecule has 0 unspecified atom stereocenters. The molecule has 1 saturated heterocycles. The summed E-state index contributed by atoms with van der Waals surface area (Å²) in [4.78, 5) is 16.8. The van der Waals surface area contributed by atoms with Gasteiger partial charge in [0.2, 0.25) is 0 Å². The number of carbonyl (C=O) groups is 1. The molecule has 126 valence electrons. The Bertz CT molecular complexity index is 723. The van der Waals surface area contributed by atoms with Crippen molar-refractivity contribution >= 4 is 27.5 Å². The molecule has 4 nitrogen and oxygen atoms in total. The van der Waals surface area contributed by atoms with Crippen LogP contribution in [0.25, 0.3) is 0 Å². The first kappa shape index (κ1) is 16.8. The van der Waals surface area contributed by atoms with E-state index in [9.17, 15) is 4.79 Å². The van der Waals surface area contributed by atoms with E-state index in [-0.39, 0.29) is 5.91 Å². The number of hydrogen-bond donors (Lipinski definition) is 0. The van der Waals surface area contributed by atoms with Crippen LogP contribution in [0.4, 0.5) is 5.69 Å². The predicted molar refractivity (Wildman–Crippen MR) is 100.0 cm³/mol. The molecular formula is C19H21BrN2O2. The Labute approximate surface area is 151 Å². The second-order valence-electron chi connectivity index (χ2n) is 5.96. The molecule has 0 saturated carbocycles. The van der Waals surface area contributed by atoms with E-state index in [1.165, 1.54) is 5.56 Å². The van der Waals surface area contributed by atoms with Crippen molar-refractivity contribution in [2.24, 2.45) is 0 Å². The Balaban J connectivity index is 1.69. The van der Waals surface area contributed by atoms with Gasteiger partial charge in [-0.05, 0) is 48.9 Å². The Hall–Kier alpha value is -2.01. The molecule has 1 aliphatic rings. The van der Waals surface area contributed by atoms with Gasteiger partial charge in [0.15, 0.2) is 0 Å². The monoisotopic (exact) mass is 388 g/mol. The molecule has 2 aromatic rings. The summed E-state index contributed by atoms with van der Waals surface area (Å²) in [5.74, 6) is 0.978. The highest BCUT2D eigenvalue weighted by Gasteiger charge is 2.23. The molecule has 0 spiro atoms. The molecule has 0 N–H and O–H groups in total. The Morgan fingerprint density at radius 1 is 1.04 bits per heavy atom. The Kier molecular flexibility index (Phi) is 5.09. The van der Waals surface area contributed by atoms with E-state index in [1.807, 2.05) is 35.2 Å². The maximum atomic E-state index is 12.6. The SMILES string of the molecule is COc1ccc(C)cc1N1CCN(C(=O)c2ccc(Br)cc2)CC1. The van der Waals surface area contributed by atoms with Gasteiger partial charge in [-0.2, -0.15) is 0 Å². The van der Waals surface area contributed by atoms with E-state index >= 15 is 0 Å². The minimum Gasteiger partial charge on any atom is -0.495 e. The third kappa shape index (κ3) is 3.56. The lowest BCUT2D eigenvalue weighted by molar-refractivity contribution is 0.0746. The zero-order valence-electron chi connectivity index (χ0n) is 14.0. The highest BCUT2D eigenvalue weighted by Crippen LogP contribution is 2.30. The standard InChI is InChI=1S/C19H21BrN2O2/c1-14-3-8-18(24-2)17(13-14)21-9-11-22(12-10-21)19(23)15-4-6-16(20)7-5-15/h3-8,13H,9-12H2,1-2H3. The molecule has 1 fully saturated rings. The number of methoxy groups -OCH3 is 1. The van der Waals surface area contributed by atoms with Gasteiger partial charge in [0.05, 0.1) is 12.8 Å². The van der Waals surface area contributed by atoms with Crippen LogP contribution in [0.1, 0.15) is 15.9 Å². The fourth-order valence-electron chi connectivity index (χ4n) is 2.97. The van der Waals surface area contributed by atoms with Crippen LogP contribution >= 0.6 is 15.9 Å². The second-order valence-corrected chi connectivity index (χ2v) is 6.88. The van der Waals surface area contributed by atoms with Crippen LogP contribution in [-0.2, 0) is 0 Å². The molecule has 1 amide bonds.